The Balaban J connectivity index is 1.77. The number of hydrogen-bond acceptors (Lipinski definition) is 5. The van der Waals surface area contributed by atoms with Gasteiger partial charge in [0, 0.05) is 38.8 Å². The maximum Gasteiger partial charge on any atom is 0.298 e. The SMILES string of the molecule is Cc1c(C=O)c2ccccc2n1C(=O)c1ccc(-c2ccc([N+](=O)[O-])cc2Br)o1. The lowest BCUT2D eigenvalue weighted by atomic mass is 10.1. The standard InChI is InChI=1S/C21H13BrN2O5/c1-12-16(11-25)14-4-2-3-5-18(14)23(12)21(26)20-9-8-19(29-20)15-7-6-13(24(27)28)10-17(15)22/h2-11H,1H3. The summed E-state index contributed by atoms with van der Waals surface area (Å²) in [5.74, 6) is 0.0717. The molecular weight excluding hydrogens is 440 g/mol. The van der Waals surface area contributed by atoms with Gasteiger partial charge in [0.05, 0.1) is 10.4 Å². The fraction of sp³-hybridized carbons (Fsp3) is 0.0476. The number of benzene rings is 2. The number of nitrogens with zero attached hydrogens (tertiary/aromatic N) is 2. The highest BCUT2D eigenvalue weighted by atomic mass is 79.9. The third-order valence-electron chi connectivity index (χ3n) is 4.73. The minimum absolute atomic E-state index is 0.0562. The molecule has 0 radical (unpaired) electrons. The van der Waals surface area contributed by atoms with Gasteiger partial charge in [0.2, 0.25) is 0 Å². The van der Waals surface area contributed by atoms with Crippen molar-refractivity contribution in [2.24, 2.45) is 0 Å². The fourth-order valence-corrected chi connectivity index (χ4v) is 3.89. The van der Waals surface area contributed by atoms with Gasteiger partial charge in [-0.15, -0.1) is 0 Å². The van der Waals surface area contributed by atoms with Crippen LogP contribution in [0.5, 0.6) is 0 Å². The number of halogens is 1. The molecule has 7 nitrogen and oxygen atoms in total. The third-order valence-corrected chi connectivity index (χ3v) is 5.38. The number of hydrogen-bond donors (Lipinski definition) is 0. The monoisotopic (exact) mass is 452 g/mol. The summed E-state index contributed by atoms with van der Waals surface area (Å²) in [6, 6.07) is 14.6. The van der Waals surface area contributed by atoms with Crippen LogP contribution in [0.25, 0.3) is 22.2 Å². The van der Waals surface area contributed by atoms with Gasteiger partial charge in [-0.1, -0.05) is 18.2 Å². The molecular formula is C21H13BrN2O5. The van der Waals surface area contributed by atoms with Crippen LogP contribution in [0.2, 0.25) is 0 Å². The van der Waals surface area contributed by atoms with Crippen LogP contribution in [0.1, 0.15) is 26.6 Å². The number of furan rings is 1. The van der Waals surface area contributed by atoms with Crippen molar-refractivity contribution in [3.63, 3.8) is 0 Å². The van der Waals surface area contributed by atoms with Gasteiger partial charge in [0.25, 0.3) is 11.6 Å². The van der Waals surface area contributed by atoms with Crippen molar-refractivity contribution >= 4 is 44.7 Å². The van der Waals surface area contributed by atoms with Crippen LogP contribution < -0.4 is 0 Å². The molecule has 2 aromatic carbocycles. The highest BCUT2D eigenvalue weighted by Crippen LogP contribution is 2.33. The maximum atomic E-state index is 13.1. The average molecular weight is 453 g/mol. The van der Waals surface area contributed by atoms with Crippen molar-refractivity contribution in [1.29, 1.82) is 0 Å². The first kappa shape index (κ1) is 18.8. The summed E-state index contributed by atoms with van der Waals surface area (Å²) in [5, 5.41) is 11.6. The Morgan fingerprint density at radius 3 is 2.62 bits per heavy atom. The van der Waals surface area contributed by atoms with Crippen LogP contribution in [0, 0.1) is 17.0 Å². The number of para-hydroxylation sites is 1. The minimum Gasteiger partial charge on any atom is -0.451 e. The zero-order chi connectivity index (χ0) is 20.7. The summed E-state index contributed by atoms with van der Waals surface area (Å²) < 4.78 is 7.68. The molecule has 0 aliphatic rings. The summed E-state index contributed by atoms with van der Waals surface area (Å²) in [6.07, 6.45) is 0.739. The number of carbonyl (C=O) groups excluding carboxylic acids is 2. The van der Waals surface area contributed by atoms with E-state index in [1.54, 1.807) is 49.4 Å². The zero-order valence-electron chi connectivity index (χ0n) is 15.1. The van der Waals surface area contributed by atoms with Gasteiger partial charge in [-0.2, -0.15) is 0 Å². The van der Waals surface area contributed by atoms with E-state index >= 15 is 0 Å². The number of rotatable bonds is 4. The Morgan fingerprint density at radius 1 is 1.17 bits per heavy atom. The predicted molar refractivity (Wildman–Crippen MR) is 110 cm³/mol. The molecule has 0 unspecified atom stereocenters. The van der Waals surface area contributed by atoms with Crippen molar-refractivity contribution in [2.75, 3.05) is 0 Å². The Hall–Kier alpha value is -3.52. The van der Waals surface area contributed by atoms with Gasteiger partial charge in [-0.05, 0) is 47.1 Å². The van der Waals surface area contributed by atoms with Crippen LogP contribution in [0.15, 0.2) is 63.5 Å². The first-order valence-corrected chi connectivity index (χ1v) is 9.35. The number of nitro groups is 1. The molecule has 0 aliphatic carbocycles. The number of fused-ring (bicyclic) bond motifs is 1. The summed E-state index contributed by atoms with van der Waals surface area (Å²) >= 11 is 3.31. The van der Waals surface area contributed by atoms with E-state index < -0.39 is 10.8 Å². The maximum absolute atomic E-state index is 13.1. The predicted octanol–water partition coefficient (Wildman–Crippen LogP) is 5.38. The van der Waals surface area contributed by atoms with E-state index in [2.05, 4.69) is 15.9 Å². The third kappa shape index (κ3) is 3.07. The van der Waals surface area contributed by atoms with Gasteiger partial charge >= 0.3 is 0 Å². The molecule has 0 aliphatic heterocycles. The van der Waals surface area contributed by atoms with Crippen molar-refractivity contribution in [3.05, 3.63) is 86.2 Å². The molecule has 0 saturated heterocycles. The van der Waals surface area contributed by atoms with E-state index in [1.807, 2.05) is 0 Å². The molecule has 0 N–H and O–H groups in total. The topological polar surface area (TPSA) is 95.3 Å². The largest absolute Gasteiger partial charge is 0.451 e. The van der Waals surface area contributed by atoms with Gasteiger partial charge in [-0.3, -0.25) is 24.3 Å². The Labute approximate surface area is 172 Å². The molecule has 0 atom stereocenters. The Kier molecular flexibility index (Phi) is 4.63. The highest BCUT2D eigenvalue weighted by Gasteiger charge is 2.22. The van der Waals surface area contributed by atoms with E-state index in [-0.39, 0.29) is 11.4 Å². The molecule has 0 saturated carbocycles. The van der Waals surface area contributed by atoms with Crippen LogP contribution in [-0.2, 0) is 0 Å². The molecule has 2 aromatic heterocycles. The van der Waals surface area contributed by atoms with E-state index in [1.165, 1.54) is 16.7 Å². The van der Waals surface area contributed by atoms with Gasteiger partial charge in [0.15, 0.2) is 12.0 Å². The number of carbonyl (C=O) groups is 2. The van der Waals surface area contributed by atoms with E-state index in [9.17, 15) is 19.7 Å². The quantitative estimate of drug-likeness (QED) is 0.235. The smallest absolute Gasteiger partial charge is 0.298 e. The second kappa shape index (κ2) is 7.14. The Morgan fingerprint density at radius 2 is 1.93 bits per heavy atom. The summed E-state index contributed by atoms with van der Waals surface area (Å²) in [4.78, 5) is 35.1. The van der Waals surface area contributed by atoms with E-state index in [0.29, 0.717) is 38.0 Å². The average Bonchev–Trinajstić information content (AvgIpc) is 3.29. The number of aromatic nitrogens is 1. The number of nitro benzene ring substituents is 1. The highest BCUT2D eigenvalue weighted by molar-refractivity contribution is 9.10. The van der Waals surface area contributed by atoms with E-state index in [4.69, 9.17) is 4.42 Å². The molecule has 0 spiro atoms. The van der Waals surface area contributed by atoms with Crippen LogP contribution >= 0.6 is 15.9 Å². The molecule has 0 bridgehead atoms. The van der Waals surface area contributed by atoms with Gasteiger partial charge in [0.1, 0.15) is 5.76 Å². The summed E-state index contributed by atoms with van der Waals surface area (Å²) in [7, 11) is 0. The van der Waals surface area contributed by atoms with Gasteiger partial charge in [-0.25, -0.2) is 0 Å². The molecule has 4 rings (SSSR count). The van der Waals surface area contributed by atoms with Crippen molar-refractivity contribution in [2.45, 2.75) is 6.92 Å². The molecule has 2 heterocycles. The lowest BCUT2D eigenvalue weighted by Crippen LogP contribution is -2.12. The van der Waals surface area contributed by atoms with Crippen molar-refractivity contribution in [3.8, 4) is 11.3 Å². The molecule has 4 aromatic rings. The molecule has 144 valence electrons. The molecule has 29 heavy (non-hydrogen) atoms. The molecule has 8 heteroatoms. The fourth-order valence-electron chi connectivity index (χ4n) is 3.33. The normalized spacial score (nSPS) is 11.0. The number of non-ortho nitro benzene ring substituents is 1. The van der Waals surface area contributed by atoms with E-state index in [0.717, 1.165) is 6.29 Å². The first-order chi connectivity index (χ1) is 13.9. The van der Waals surface area contributed by atoms with Gasteiger partial charge < -0.3 is 4.42 Å². The molecule has 0 fully saturated rings. The number of aldehydes is 1. The minimum atomic E-state index is -0.490. The van der Waals surface area contributed by atoms with Crippen LogP contribution in [0.3, 0.4) is 0 Å². The second-order valence-corrected chi connectivity index (χ2v) is 7.21. The summed E-state index contributed by atoms with van der Waals surface area (Å²) in [6.45, 7) is 1.71. The van der Waals surface area contributed by atoms with Crippen LogP contribution in [0.4, 0.5) is 5.69 Å². The first-order valence-electron chi connectivity index (χ1n) is 8.56. The summed E-state index contributed by atoms with van der Waals surface area (Å²) in [5.41, 5.74) is 2.13. The Bertz CT molecular complexity index is 1300. The zero-order valence-corrected chi connectivity index (χ0v) is 16.7. The van der Waals surface area contributed by atoms with Crippen molar-refractivity contribution in [1.82, 2.24) is 4.57 Å². The van der Waals surface area contributed by atoms with Crippen LogP contribution in [-0.4, -0.2) is 21.7 Å². The lowest BCUT2D eigenvalue weighted by molar-refractivity contribution is -0.384. The van der Waals surface area contributed by atoms with Crippen molar-refractivity contribution < 1.29 is 18.9 Å². The lowest BCUT2D eigenvalue weighted by Gasteiger charge is -2.05. The molecule has 0 amide bonds. The second-order valence-electron chi connectivity index (χ2n) is 6.36.